The quantitative estimate of drug-likeness (QED) is 0.598. The molecular formula is C13H21N3O2. The number of nitrogens with zero attached hydrogens (tertiary/aromatic N) is 2. The molecule has 0 spiro atoms. The van der Waals surface area contributed by atoms with Crippen molar-refractivity contribution in [3.63, 3.8) is 0 Å². The molecule has 0 aliphatic carbocycles. The molecule has 1 N–H and O–H groups in total. The molecule has 1 rings (SSSR count). The molecule has 0 saturated carbocycles. The minimum absolute atomic E-state index is 0.158. The molecular weight excluding hydrogens is 230 g/mol. The zero-order valence-electron chi connectivity index (χ0n) is 11.3. The Morgan fingerprint density at radius 2 is 2.11 bits per heavy atom. The number of benzene rings is 1. The first-order valence-corrected chi connectivity index (χ1v) is 6.28. The van der Waals surface area contributed by atoms with Gasteiger partial charge < -0.3 is 10.2 Å². The second kappa shape index (κ2) is 6.96. The number of nitro benzene ring substituents is 1. The summed E-state index contributed by atoms with van der Waals surface area (Å²) < 4.78 is 0. The molecule has 1 aromatic carbocycles. The Balaban J connectivity index is 3.06. The third-order valence-electron chi connectivity index (χ3n) is 2.86. The maximum Gasteiger partial charge on any atom is 0.292 e. The lowest BCUT2D eigenvalue weighted by Gasteiger charge is -2.17. The Kier molecular flexibility index (Phi) is 5.58. The Morgan fingerprint density at radius 3 is 2.67 bits per heavy atom. The van der Waals surface area contributed by atoms with Crippen LogP contribution in [-0.4, -0.2) is 30.0 Å². The van der Waals surface area contributed by atoms with Crippen LogP contribution in [0.15, 0.2) is 18.2 Å². The van der Waals surface area contributed by atoms with E-state index in [2.05, 4.69) is 17.1 Å². The highest BCUT2D eigenvalue weighted by molar-refractivity contribution is 5.66. The average molecular weight is 251 g/mol. The third kappa shape index (κ3) is 3.70. The molecule has 5 nitrogen and oxygen atoms in total. The van der Waals surface area contributed by atoms with Crippen molar-refractivity contribution in [1.29, 1.82) is 0 Å². The van der Waals surface area contributed by atoms with Gasteiger partial charge in [0.05, 0.1) is 4.92 Å². The van der Waals surface area contributed by atoms with Crippen molar-refractivity contribution in [1.82, 2.24) is 4.90 Å². The molecule has 0 aliphatic heterocycles. The number of anilines is 1. The summed E-state index contributed by atoms with van der Waals surface area (Å²) in [6, 6.07) is 5.23. The van der Waals surface area contributed by atoms with Crippen molar-refractivity contribution in [3.8, 4) is 0 Å². The Bertz CT molecular complexity index is 407. The Labute approximate surface area is 108 Å². The van der Waals surface area contributed by atoms with Crippen LogP contribution in [0.1, 0.15) is 25.8 Å². The fraction of sp³-hybridized carbons (Fsp3) is 0.538. The average Bonchev–Trinajstić information content (AvgIpc) is 2.36. The highest BCUT2D eigenvalue weighted by atomic mass is 16.6. The molecule has 0 unspecified atom stereocenters. The van der Waals surface area contributed by atoms with Gasteiger partial charge in [0.1, 0.15) is 5.69 Å². The van der Waals surface area contributed by atoms with Crippen molar-refractivity contribution in [2.24, 2.45) is 0 Å². The molecule has 0 saturated heterocycles. The van der Waals surface area contributed by atoms with Gasteiger partial charge in [-0.15, -0.1) is 0 Å². The van der Waals surface area contributed by atoms with E-state index in [0.717, 1.165) is 25.1 Å². The van der Waals surface area contributed by atoms with Crippen LogP contribution in [0.3, 0.4) is 0 Å². The summed E-state index contributed by atoms with van der Waals surface area (Å²) in [6.45, 7) is 6.48. The summed E-state index contributed by atoms with van der Waals surface area (Å²) in [5.41, 5.74) is 1.79. The summed E-state index contributed by atoms with van der Waals surface area (Å²) in [5, 5.41) is 14.2. The topological polar surface area (TPSA) is 58.4 Å². The molecule has 0 aromatic heterocycles. The van der Waals surface area contributed by atoms with Crippen LogP contribution in [0.2, 0.25) is 0 Å². The molecule has 5 heteroatoms. The lowest BCUT2D eigenvalue weighted by Crippen LogP contribution is -2.18. The number of nitrogens with one attached hydrogen (secondary N) is 1. The molecule has 0 heterocycles. The first kappa shape index (κ1) is 14.4. The Morgan fingerprint density at radius 1 is 1.39 bits per heavy atom. The van der Waals surface area contributed by atoms with Crippen molar-refractivity contribution >= 4 is 11.4 Å². The number of nitro groups is 1. The molecule has 100 valence electrons. The van der Waals surface area contributed by atoms with Crippen molar-refractivity contribution in [3.05, 3.63) is 33.9 Å². The second-order valence-corrected chi connectivity index (χ2v) is 4.33. The van der Waals surface area contributed by atoms with Crippen molar-refractivity contribution in [2.75, 3.05) is 25.5 Å². The van der Waals surface area contributed by atoms with E-state index < -0.39 is 0 Å². The zero-order chi connectivity index (χ0) is 13.5. The minimum Gasteiger partial charge on any atom is -0.379 e. The highest BCUT2D eigenvalue weighted by Crippen LogP contribution is 2.29. The van der Waals surface area contributed by atoms with Gasteiger partial charge in [0.25, 0.3) is 5.69 Å². The number of rotatable bonds is 7. The van der Waals surface area contributed by atoms with E-state index in [1.165, 1.54) is 0 Å². The fourth-order valence-electron chi connectivity index (χ4n) is 1.73. The van der Waals surface area contributed by atoms with Gasteiger partial charge in [-0.25, -0.2) is 0 Å². The number of hydrogen-bond donors (Lipinski definition) is 1. The van der Waals surface area contributed by atoms with E-state index in [4.69, 9.17) is 0 Å². The third-order valence-corrected chi connectivity index (χ3v) is 2.86. The first-order chi connectivity index (χ1) is 8.60. The lowest BCUT2D eigenvalue weighted by atomic mass is 10.1. The van der Waals surface area contributed by atoms with Crippen LogP contribution in [0.5, 0.6) is 0 Å². The van der Waals surface area contributed by atoms with Crippen molar-refractivity contribution in [2.45, 2.75) is 26.8 Å². The van der Waals surface area contributed by atoms with E-state index in [1.807, 2.05) is 20.0 Å². The van der Waals surface area contributed by atoms with E-state index >= 15 is 0 Å². The standard InChI is InChI=1S/C13H21N3O2/c1-4-9-14-13-11(10-15(3)5-2)7-6-8-12(13)16(17)18/h6-8,14H,4-5,9-10H2,1-3H3. The number of hydrogen-bond acceptors (Lipinski definition) is 4. The van der Waals surface area contributed by atoms with Crippen LogP contribution >= 0.6 is 0 Å². The van der Waals surface area contributed by atoms with E-state index in [-0.39, 0.29) is 10.6 Å². The maximum atomic E-state index is 11.0. The van der Waals surface area contributed by atoms with Gasteiger partial charge in [0, 0.05) is 19.2 Å². The van der Waals surface area contributed by atoms with Gasteiger partial charge in [-0.1, -0.05) is 26.0 Å². The normalized spacial score (nSPS) is 10.7. The van der Waals surface area contributed by atoms with Crippen LogP contribution in [0.4, 0.5) is 11.4 Å². The van der Waals surface area contributed by atoms with Gasteiger partial charge in [0.2, 0.25) is 0 Å². The summed E-state index contributed by atoms with van der Waals surface area (Å²) >= 11 is 0. The van der Waals surface area contributed by atoms with E-state index in [9.17, 15) is 10.1 Å². The van der Waals surface area contributed by atoms with E-state index in [0.29, 0.717) is 12.2 Å². The van der Waals surface area contributed by atoms with Crippen LogP contribution in [0, 0.1) is 10.1 Å². The minimum atomic E-state index is -0.326. The summed E-state index contributed by atoms with van der Waals surface area (Å²) in [6.07, 6.45) is 0.940. The predicted molar refractivity (Wildman–Crippen MR) is 73.9 cm³/mol. The van der Waals surface area contributed by atoms with Crippen LogP contribution < -0.4 is 5.32 Å². The SMILES string of the molecule is CCCNc1c(CN(C)CC)cccc1[N+](=O)[O-]. The molecule has 0 amide bonds. The van der Waals surface area contributed by atoms with Gasteiger partial charge >= 0.3 is 0 Å². The second-order valence-electron chi connectivity index (χ2n) is 4.33. The Hall–Kier alpha value is -1.62. The molecule has 0 radical (unpaired) electrons. The molecule has 1 aromatic rings. The molecule has 0 bridgehead atoms. The monoisotopic (exact) mass is 251 g/mol. The molecule has 0 aliphatic rings. The lowest BCUT2D eigenvalue weighted by molar-refractivity contribution is -0.384. The summed E-state index contributed by atoms with van der Waals surface area (Å²) in [4.78, 5) is 12.8. The van der Waals surface area contributed by atoms with Gasteiger partial charge in [-0.3, -0.25) is 10.1 Å². The zero-order valence-corrected chi connectivity index (χ0v) is 11.3. The molecule has 0 fully saturated rings. The first-order valence-electron chi connectivity index (χ1n) is 6.28. The van der Waals surface area contributed by atoms with E-state index in [1.54, 1.807) is 12.1 Å². The predicted octanol–water partition coefficient (Wildman–Crippen LogP) is 2.87. The van der Waals surface area contributed by atoms with Crippen molar-refractivity contribution < 1.29 is 4.92 Å². The summed E-state index contributed by atoms with van der Waals surface area (Å²) in [7, 11) is 2.00. The van der Waals surface area contributed by atoms with Crippen LogP contribution in [-0.2, 0) is 6.54 Å². The van der Waals surface area contributed by atoms with Gasteiger partial charge in [-0.2, -0.15) is 0 Å². The van der Waals surface area contributed by atoms with Crippen LogP contribution in [0.25, 0.3) is 0 Å². The maximum absolute atomic E-state index is 11.0. The molecule has 18 heavy (non-hydrogen) atoms. The smallest absolute Gasteiger partial charge is 0.292 e. The summed E-state index contributed by atoms with van der Waals surface area (Å²) in [5.74, 6) is 0. The van der Waals surface area contributed by atoms with Gasteiger partial charge in [-0.05, 0) is 25.6 Å². The fourth-order valence-corrected chi connectivity index (χ4v) is 1.73. The number of para-hydroxylation sites is 1. The highest BCUT2D eigenvalue weighted by Gasteiger charge is 2.17. The van der Waals surface area contributed by atoms with Gasteiger partial charge in [0.15, 0.2) is 0 Å². The largest absolute Gasteiger partial charge is 0.379 e. The molecule has 0 atom stereocenters.